The summed E-state index contributed by atoms with van der Waals surface area (Å²) >= 11 is 0. The molecule has 0 aromatic rings. The van der Waals surface area contributed by atoms with E-state index in [-0.39, 0.29) is 5.60 Å². The van der Waals surface area contributed by atoms with Crippen LogP contribution in [0.1, 0.15) is 38.5 Å². The third-order valence-corrected chi connectivity index (χ3v) is 4.27. The van der Waals surface area contributed by atoms with Gasteiger partial charge in [-0.2, -0.15) is 4.89 Å². The van der Waals surface area contributed by atoms with Crippen LogP contribution in [0.5, 0.6) is 0 Å². The molecular formula is C11H15FO3. The van der Waals surface area contributed by atoms with Crippen molar-refractivity contribution in [3.63, 3.8) is 0 Å². The average Bonchev–Trinajstić information content (AvgIpc) is 2.12. The van der Waals surface area contributed by atoms with Crippen LogP contribution in [0, 0.1) is 17.8 Å². The third-order valence-electron chi connectivity index (χ3n) is 4.27. The Kier molecular flexibility index (Phi) is 2.03. The van der Waals surface area contributed by atoms with Crippen LogP contribution in [-0.4, -0.2) is 11.8 Å². The highest BCUT2D eigenvalue weighted by molar-refractivity contribution is 5.57. The van der Waals surface area contributed by atoms with Gasteiger partial charge >= 0.3 is 6.22 Å². The molecule has 4 fully saturated rings. The summed E-state index contributed by atoms with van der Waals surface area (Å²) in [6, 6.07) is 0. The molecule has 0 amide bonds. The summed E-state index contributed by atoms with van der Waals surface area (Å²) in [5.74, 6) is 2.11. The smallest absolute Gasteiger partial charge is 0.265 e. The van der Waals surface area contributed by atoms with E-state index in [2.05, 4.69) is 4.89 Å². The maximum atomic E-state index is 12.0. The van der Waals surface area contributed by atoms with Crippen molar-refractivity contribution in [3.05, 3.63) is 0 Å². The van der Waals surface area contributed by atoms with Crippen LogP contribution < -0.4 is 0 Å². The van der Waals surface area contributed by atoms with Crippen molar-refractivity contribution in [2.75, 3.05) is 0 Å². The minimum Gasteiger partial charge on any atom is -0.265 e. The Hall–Kier alpha value is -0.640. The predicted molar refractivity (Wildman–Crippen MR) is 49.6 cm³/mol. The molecule has 4 heteroatoms. The summed E-state index contributed by atoms with van der Waals surface area (Å²) < 4.78 is 12.0. The Morgan fingerprint density at radius 3 is 1.93 bits per heavy atom. The zero-order chi connectivity index (χ0) is 10.5. The summed E-state index contributed by atoms with van der Waals surface area (Å²) in [5.41, 5.74) is -0.351. The van der Waals surface area contributed by atoms with Gasteiger partial charge in [-0.25, -0.2) is 4.79 Å². The van der Waals surface area contributed by atoms with E-state index in [0.717, 1.165) is 19.3 Å². The van der Waals surface area contributed by atoms with E-state index in [1.165, 1.54) is 19.3 Å². The summed E-state index contributed by atoms with van der Waals surface area (Å²) in [4.78, 5) is 19.3. The first kappa shape index (κ1) is 9.58. The van der Waals surface area contributed by atoms with Gasteiger partial charge in [0.2, 0.25) is 0 Å². The maximum absolute atomic E-state index is 12.0. The van der Waals surface area contributed by atoms with Gasteiger partial charge in [-0.3, -0.25) is 4.89 Å². The Bertz CT molecular complexity index is 254. The predicted octanol–water partition coefficient (Wildman–Crippen LogP) is 2.99. The Morgan fingerprint density at radius 1 is 1.07 bits per heavy atom. The van der Waals surface area contributed by atoms with Gasteiger partial charge in [-0.05, 0) is 56.3 Å². The van der Waals surface area contributed by atoms with E-state index < -0.39 is 6.22 Å². The highest BCUT2D eigenvalue weighted by Crippen LogP contribution is 2.57. The van der Waals surface area contributed by atoms with Crippen LogP contribution in [0.15, 0.2) is 0 Å². The molecule has 0 unspecified atom stereocenters. The molecule has 4 aliphatic carbocycles. The fraction of sp³-hybridized carbons (Fsp3) is 0.909. The van der Waals surface area contributed by atoms with E-state index in [9.17, 15) is 9.18 Å². The van der Waals surface area contributed by atoms with Gasteiger partial charge in [0.1, 0.15) is 5.60 Å². The van der Waals surface area contributed by atoms with E-state index in [0.29, 0.717) is 17.8 Å². The minimum absolute atomic E-state index is 0.351. The number of hydrogen-bond donors (Lipinski definition) is 0. The molecule has 15 heavy (non-hydrogen) atoms. The number of halogens is 1. The lowest BCUT2D eigenvalue weighted by molar-refractivity contribution is -0.352. The summed E-state index contributed by atoms with van der Waals surface area (Å²) in [5, 5.41) is 0. The fourth-order valence-corrected chi connectivity index (χ4v) is 4.25. The number of carbonyl (C=O) groups excluding carboxylic acids is 1. The van der Waals surface area contributed by atoms with Crippen molar-refractivity contribution < 1.29 is 19.0 Å². The molecule has 4 aliphatic rings. The second-order valence-corrected chi connectivity index (χ2v) is 5.50. The van der Waals surface area contributed by atoms with E-state index in [4.69, 9.17) is 4.89 Å². The van der Waals surface area contributed by atoms with Crippen LogP contribution in [-0.2, 0) is 9.78 Å². The molecule has 0 aromatic heterocycles. The second kappa shape index (κ2) is 3.17. The molecule has 0 heterocycles. The van der Waals surface area contributed by atoms with Crippen LogP contribution in [0.25, 0.3) is 0 Å². The van der Waals surface area contributed by atoms with Gasteiger partial charge in [-0.15, -0.1) is 4.39 Å². The number of hydrogen-bond acceptors (Lipinski definition) is 3. The van der Waals surface area contributed by atoms with Gasteiger partial charge in [0.25, 0.3) is 0 Å². The molecule has 0 aliphatic heterocycles. The van der Waals surface area contributed by atoms with Crippen LogP contribution in [0.3, 0.4) is 0 Å². The monoisotopic (exact) mass is 214 g/mol. The quantitative estimate of drug-likeness (QED) is 0.402. The Labute approximate surface area is 87.9 Å². The van der Waals surface area contributed by atoms with Gasteiger partial charge in [-0.1, -0.05) is 0 Å². The first-order valence-electron chi connectivity index (χ1n) is 5.70. The third kappa shape index (κ3) is 1.65. The topological polar surface area (TPSA) is 35.5 Å². The van der Waals surface area contributed by atoms with Crippen molar-refractivity contribution in [1.82, 2.24) is 0 Å². The highest BCUT2D eigenvalue weighted by atomic mass is 19.1. The molecule has 0 atom stereocenters. The normalized spacial score (nSPS) is 46.9. The standard InChI is InChI=1S/C11H15FO3/c12-10(13)14-15-11-4-7-1-8(5-11)3-9(2-7)6-11/h7-9H,1-6H2. The molecular weight excluding hydrogens is 199 g/mol. The van der Waals surface area contributed by atoms with Gasteiger partial charge < -0.3 is 0 Å². The van der Waals surface area contributed by atoms with Crippen molar-refractivity contribution in [2.45, 2.75) is 44.1 Å². The minimum atomic E-state index is -1.83. The van der Waals surface area contributed by atoms with Crippen molar-refractivity contribution >= 4 is 6.22 Å². The highest BCUT2D eigenvalue weighted by Gasteiger charge is 2.53. The lowest BCUT2D eigenvalue weighted by atomic mass is 9.54. The first-order valence-corrected chi connectivity index (χ1v) is 5.70. The van der Waals surface area contributed by atoms with E-state index in [1.807, 2.05) is 0 Å². The largest absolute Gasteiger partial charge is 0.527 e. The maximum Gasteiger partial charge on any atom is 0.527 e. The fourth-order valence-electron chi connectivity index (χ4n) is 4.25. The van der Waals surface area contributed by atoms with Crippen molar-refractivity contribution in [1.29, 1.82) is 0 Å². The van der Waals surface area contributed by atoms with Gasteiger partial charge in [0, 0.05) is 0 Å². The molecule has 0 radical (unpaired) electrons. The SMILES string of the molecule is O=C(F)OOC12CC3CC(CC(C3)C1)C2. The molecule has 0 spiro atoms. The van der Waals surface area contributed by atoms with Gasteiger partial charge in [0.15, 0.2) is 0 Å². The molecule has 4 saturated carbocycles. The van der Waals surface area contributed by atoms with Crippen LogP contribution in [0.4, 0.5) is 9.18 Å². The molecule has 4 bridgehead atoms. The Morgan fingerprint density at radius 2 is 1.53 bits per heavy atom. The zero-order valence-electron chi connectivity index (χ0n) is 8.58. The molecule has 4 rings (SSSR count). The van der Waals surface area contributed by atoms with Crippen LogP contribution in [0.2, 0.25) is 0 Å². The molecule has 84 valence electrons. The summed E-state index contributed by atoms with van der Waals surface area (Å²) in [6.45, 7) is 0. The Balaban J connectivity index is 1.72. The lowest BCUT2D eigenvalue weighted by Crippen LogP contribution is -2.52. The average molecular weight is 214 g/mol. The van der Waals surface area contributed by atoms with Crippen molar-refractivity contribution in [2.24, 2.45) is 17.8 Å². The van der Waals surface area contributed by atoms with E-state index in [1.54, 1.807) is 0 Å². The first-order chi connectivity index (χ1) is 7.15. The van der Waals surface area contributed by atoms with Crippen molar-refractivity contribution in [3.8, 4) is 0 Å². The van der Waals surface area contributed by atoms with E-state index >= 15 is 0 Å². The molecule has 0 aromatic carbocycles. The lowest BCUT2D eigenvalue weighted by Gasteiger charge is -2.54. The molecule has 3 nitrogen and oxygen atoms in total. The number of rotatable bonds is 2. The summed E-state index contributed by atoms with van der Waals surface area (Å²) in [7, 11) is 0. The second-order valence-electron chi connectivity index (χ2n) is 5.50. The molecule has 0 saturated heterocycles. The molecule has 0 N–H and O–H groups in total. The summed E-state index contributed by atoms with van der Waals surface area (Å²) in [6.07, 6.45) is 4.83. The van der Waals surface area contributed by atoms with Gasteiger partial charge in [0.05, 0.1) is 0 Å². The zero-order valence-corrected chi connectivity index (χ0v) is 8.58. The number of carbonyl (C=O) groups is 1. The van der Waals surface area contributed by atoms with Crippen LogP contribution >= 0.6 is 0 Å².